The third kappa shape index (κ3) is 4.90. The SMILES string of the molecule is C=CCc1cccc(C(O)c2cc(Cl)ccc2-n2cccc2/C=C/C(=O)OC)c1OC. The molecular formula is C25H24ClNO4. The van der Waals surface area contributed by atoms with E-state index in [1.165, 1.54) is 13.2 Å². The van der Waals surface area contributed by atoms with Gasteiger partial charge in [-0.2, -0.15) is 0 Å². The Hall–Kier alpha value is -3.28. The van der Waals surface area contributed by atoms with Crippen molar-refractivity contribution in [3.05, 3.63) is 101 Å². The molecule has 0 bridgehead atoms. The van der Waals surface area contributed by atoms with Crippen LogP contribution in [0.25, 0.3) is 11.8 Å². The maximum Gasteiger partial charge on any atom is 0.330 e. The highest BCUT2D eigenvalue weighted by atomic mass is 35.5. The van der Waals surface area contributed by atoms with Gasteiger partial charge < -0.3 is 19.1 Å². The summed E-state index contributed by atoms with van der Waals surface area (Å²) < 4.78 is 12.2. The van der Waals surface area contributed by atoms with E-state index in [0.29, 0.717) is 28.3 Å². The lowest BCUT2D eigenvalue weighted by Gasteiger charge is -2.21. The van der Waals surface area contributed by atoms with Crippen molar-refractivity contribution in [3.63, 3.8) is 0 Å². The van der Waals surface area contributed by atoms with Crippen molar-refractivity contribution in [1.82, 2.24) is 4.57 Å². The molecule has 0 aliphatic carbocycles. The van der Waals surface area contributed by atoms with E-state index in [2.05, 4.69) is 11.3 Å². The van der Waals surface area contributed by atoms with Crippen molar-refractivity contribution >= 4 is 23.6 Å². The van der Waals surface area contributed by atoms with E-state index in [0.717, 1.165) is 16.9 Å². The predicted octanol–water partition coefficient (Wildman–Crippen LogP) is 5.14. The lowest BCUT2D eigenvalue weighted by molar-refractivity contribution is -0.134. The standard InChI is InChI=1S/C25H24ClNO4/c1-4-7-17-8-5-10-20(25(17)31-3)24(29)21-16-18(26)11-13-22(21)27-15-6-9-19(27)12-14-23(28)30-2/h4-6,8-16,24,29H,1,7H2,2-3H3/b14-12+. The molecule has 1 N–H and O–H groups in total. The summed E-state index contributed by atoms with van der Waals surface area (Å²) in [6.07, 6.45) is 6.27. The van der Waals surface area contributed by atoms with Crippen LogP contribution in [0, 0.1) is 0 Å². The second-order valence-electron chi connectivity index (χ2n) is 6.80. The van der Waals surface area contributed by atoms with Gasteiger partial charge in [-0.05, 0) is 48.4 Å². The number of carbonyl (C=O) groups excluding carboxylic acids is 1. The summed E-state index contributed by atoms with van der Waals surface area (Å²) in [5.74, 6) is 0.159. The van der Waals surface area contributed by atoms with E-state index in [1.807, 2.05) is 47.2 Å². The number of methoxy groups -OCH3 is 2. The van der Waals surface area contributed by atoms with Crippen LogP contribution in [0.4, 0.5) is 0 Å². The lowest BCUT2D eigenvalue weighted by Crippen LogP contribution is -2.09. The molecule has 5 nitrogen and oxygen atoms in total. The van der Waals surface area contributed by atoms with Crippen LogP contribution < -0.4 is 4.74 Å². The molecule has 0 fully saturated rings. The molecule has 31 heavy (non-hydrogen) atoms. The number of aromatic nitrogens is 1. The van der Waals surface area contributed by atoms with E-state index in [1.54, 1.807) is 31.4 Å². The first-order valence-corrected chi connectivity index (χ1v) is 10.1. The molecule has 0 saturated heterocycles. The van der Waals surface area contributed by atoms with Crippen molar-refractivity contribution in [1.29, 1.82) is 0 Å². The number of hydrogen-bond acceptors (Lipinski definition) is 4. The van der Waals surface area contributed by atoms with Gasteiger partial charge in [-0.1, -0.05) is 35.9 Å². The Labute approximate surface area is 186 Å². The normalized spacial score (nSPS) is 12.0. The zero-order chi connectivity index (χ0) is 22.4. The highest BCUT2D eigenvalue weighted by Gasteiger charge is 2.22. The zero-order valence-electron chi connectivity index (χ0n) is 17.4. The molecule has 3 rings (SSSR count). The van der Waals surface area contributed by atoms with E-state index in [4.69, 9.17) is 16.3 Å². The Morgan fingerprint density at radius 2 is 2.00 bits per heavy atom. The molecule has 1 aromatic heterocycles. The van der Waals surface area contributed by atoms with Crippen LogP contribution in [0.1, 0.15) is 28.5 Å². The highest BCUT2D eigenvalue weighted by Crippen LogP contribution is 2.37. The topological polar surface area (TPSA) is 60.7 Å². The molecule has 2 aromatic carbocycles. The van der Waals surface area contributed by atoms with Gasteiger partial charge in [-0.15, -0.1) is 6.58 Å². The van der Waals surface area contributed by atoms with Gasteiger partial charge in [0.25, 0.3) is 0 Å². The molecule has 1 atom stereocenters. The van der Waals surface area contributed by atoms with Crippen LogP contribution in [0.2, 0.25) is 5.02 Å². The highest BCUT2D eigenvalue weighted by molar-refractivity contribution is 6.30. The number of aliphatic hydroxyl groups excluding tert-OH is 1. The number of hydrogen-bond donors (Lipinski definition) is 1. The summed E-state index contributed by atoms with van der Waals surface area (Å²) in [6, 6.07) is 14.7. The number of rotatable bonds is 8. The number of allylic oxidation sites excluding steroid dienone is 1. The fourth-order valence-corrected chi connectivity index (χ4v) is 3.67. The summed E-state index contributed by atoms with van der Waals surface area (Å²) in [5, 5.41) is 11.9. The van der Waals surface area contributed by atoms with Crippen LogP contribution in [0.15, 0.2) is 73.5 Å². The van der Waals surface area contributed by atoms with Crippen LogP contribution >= 0.6 is 11.6 Å². The number of ether oxygens (including phenoxy) is 2. The van der Waals surface area contributed by atoms with Crippen molar-refractivity contribution < 1.29 is 19.4 Å². The minimum absolute atomic E-state index is 0.451. The average Bonchev–Trinajstić information content (AvgIpc) is 3.25. The Bertz CT molecular complexity index is 1120. The summed E-state index contributed by atoms with van der Waals surface area (Å²) in [4.78, 5) is 11.5. The quantitative estimate of drug-likeness (QED) is 0.301. The Balaban J connectivity index is 2.12. The number of benzene rings is 2. The first kappa shape index (κ1) is 22.4. The van der Waals surface area contributed by atoms with E-state index in [9.17, 15) is 9.90 Å². The monoisotopic (exact) mass is 437 g/mol. The summed E-state index contributed by atoms with van der Waals surface area (Å²) in [5.41, 5.74) is 3.63. The largest absolute Gasteiger partial charge is 0.496 e. The van der Waals surface area contributed by atoms with Gasteiger partial charge in [-0.25, -0.2) is 4.79 Å². The Kier molecular flexibility index (Phi) is 7.34. The number of para-hydroxylation sites is 1. The second-order valence-corrected chi connectivity index (χ2v) is 7.23. The van der Waals surface area contributed by atoms with E-state index in [-0.39, 0.29) is 0 Å². The van der Waals surface area contributed by atoms with Crippen molar-refractivity contribution in [2.45, 2.75) is 12.5 Å². The first-order chi connectivity index (χ1) is 15.0. The molecule has 1 unspecified atom stereocenters. The molecule has 0 radical (unpaired) electrons. The third-order valence-electron chi connectivity index (χ3n) is 4.91. The van der Waals surface area contributed by atoms with Crippen molar-refractivity contribution in [2.75, 3.05) is 14.2 Å². The maximum absolute atomic E-state index is 11.5. The van der Waals surface area contributed by atoms with Gasteiger partial charge in [0, 0.05) is 34.1 Å². The smallest absolute Gasteiger partial charge is 0.330 e. The fraction of sp³-hybridized carbons (Fsp3) is 0.160. The van der Waals surface area contributed by atoms with Crippen LogP contribution in [0.3, 0.4) is 0 Å². The van der Waals surface area contributed by atoms with E-state index < -0.39 is 12.1 Å². The maximum atomic E-state index is 11.5. The van der Waals surface area contributed by atoms with Crippen LogP contribution in [-0.4, -0.2) is 29.9 Å². The molecule has 0 spiro atoms. The van der Waals surface area contributed by atoms with Crippen molar-refractivity contribution in [2.24, 2.45) is 0 Å². The van der Waals surface area contributed by atoms with Crippen LogP contribution in [0.5, 0.6) is 5.75 Å². The second kappa shape index (κ2) is 10.2. The number of esters is 1. The molecule has 1 heterocycles. The average molecular weight is 438 g/mol. The van der Waals surface area contributed by atoms with Gasteiger partial charge in [0.15, 0.2) is 0 Å². The molecule has 160 valence electrons. The number of halogens is 1. The Morgan fingerprint density at radius 1 is 1.19 bits per heavy atom. The molecule has 0 aliphatic rings. The van der Waals surface area contributed by atoms with Crippen LogP contribution in [-0.2, 0) is 16.0 Å². The number of carbonyl (C=O) groups is 1. The zero-order valence-corrected chi connectivity index (χ0v) is 18.2. The predicted molar refractivity (Wildman–Crippen MR) is 123 cm³/mol. The van der Waals surface area contributed by atoms with Gasteiger partial charge in [0.2, 0.25) is 0 Å². The number of nitrogens with zero attached hydrogens (tertiary/aromatic N) is 1. The molecule has 3 aromatic rings. The first-order valence-electron chi connectivity index (χ1n) is 9.68. The van der Waals surface area contributed by atoms with Gasteiger partial charge in [0.1, 0.15) is 11.9 Å². The van der Waals surface area contributed by atoms with Gasteiger partial charge in [-0.3, -0.25) is 0 Å². The summed E-state index contributed by atoms with van der Waals surface area (Å²) >= 11 is 6.29. The minimum atomic E-state index is -0.992. The fourth-order valence-electron chi connectivity index (χ4n) is 3.49. The van der Waals surface area contributed by atoms with E-state index >= 15 is 0 Å². The van der Waals surface area contributed by atoms with Crippen molar-refractivity contribution in [3.8, 4) is 11.4 Å². The number of aliphatic hydroxyl groups is 1. The Morgan fingerprint density at radius 3 is 2.71 bits per heavy atom. The minimum Gasteiger partial charge on any atom is -0.496 e. The molecule has 6 heteroatoms. The lowest BCUT2D eigenvalue weighted by atomic mass is 9.96. The summed E-state index contributed by atoms with van der Waals surface area (Å²) in [6.45, 7) is 3.79. The molecule has 0 aliphatic heterocycles. The summed E-state index contributed by atoms with van der Waals surface area (Å²) in [7, 11) is 2.91. The molecular weight excluding hydrogens is 414 g/mol. The molecule has 0 saturated carbocycles. The molecule has 0 amide bonds. The van der Waals surface area contributed by atoms with Gasteiger partial charge >= 0.3 is 5.97 Å². The third-order valence-corrected chi connectivity index (χ3v) is 5.14. The van der Waals surface area contributed by atoms with Gasteiger partial charge in [0.05, 0.1) is 19.9 Å².